The molecule has 5 rings (SSSR count). The molecule has 0 radical (unpaired) electrons. The van der Waals surface area contributed by atoms with Crippen molar-refractivity contribution in [1.82, 2.24) is 10.2 Å². The van der Waals surface area contributed by atoms with Gasteiger partial charge in [-0.1, -0.05) is 66.7 Å². The zero-order valence-corrected chi connectivity index (χ0v) is 22.7. The van der Waals surface area contributed by atoms with Gasteiger partial charge in [0.05, 0.1) is 6.42 Å². The van der Waals surface area contributed by atoms with Gasteiger partial charge >= 0.3 is 11.9 Å². The number of thioether (sulfide) groups is 1. The quantitative estimate of drug-likeness (QED) is 0.312. The first-order valence-corrected chi connectivity index (χ1v) is 14.3. The van der Waals surface area contributed by atoms with E-state index >= 15 is 0 Å². The molecule has 1 N–H and O–H groups in total. The zero-order valence-electron chi connectivity index (χ0n) is 21.1. The topological polar surface area (TPSA) is 102 Å². The van der Waals surface area contributed by atoms with Gasteiger partial charge in [-0.2, -0.15) is 0 Å². The predicted octanol–water partition coefficient (Wildman–Crippen LogP) is 3.84. The maximum Gasteiger partial charge on any atom is 0.356 e. The van der Waals surface area contributed by atoms with E-state index in [1.807, 2.05) is 78.2 Å². The summed E-state index contributed by atoms with van der Waals surface area (Å²) in [6.07, 6.45) is -0.537. The van der Waals surface area contributed by atoms with Crippen LogP contribution in [0.2, 0.25) is 0 Å². The Morgan fingerprint density at radius 3 is 2.26 bits per heavy atom. The molecule has 0 aliphatic carbocycles. The van der Waals surface area contributed by atoms with E-state index < -0.39 is 35.4 Å². The Kier molecular flexibility index (Phi) is 8.13. The van der Waals surface area contributed by atoms with Crippen molar-refractivity contribution < 1.29 is 28.7 Å². The van der Waals surface area contributed by atoms with E-state index in [-0.39, 0.29) is 24.6 Å². The number of β-lactam (4-membered cyclic amide) rings is 1. The van der Waals surface area contributed by atoms with Gasteiger partial charge in [0.1, 0.15) is 23.7 Å². The van der Waals surface area contributed by atoms with Crippen LogP contribution in [0.1, 0.15) is 29.0 Å². The van der Waals surface area contributed by atoms with E-state index in [9.17, 15) is 19.2 Å². The van der Waals surface area contributed by atoms with Crippen LogP contribution in [0, 0.1) is 0 Å². The summed E-state index contributed by atoms with van der Waals surface area (Å²) in [5.41, 5.74) is 2.09. The minimum Gasteiger partial charge on any atom is -0.461 e. The van der Waals surface area contributed by atoms with Crippen molar-refractivity contribution in [3.8, 4) is 0 Å². The maximum atomic E-state index is 13.8. The molecule has 10 heteroatoms. The molecule has 2 aliphatic rings. The lowest BCUT2D eigenvalue weighted by Crippen LogP contribution is -2.70. The Hall–Kier alpha value is -3.89. The fourth-order valence-electron chi connectivity index (χ4n) is 4.51. The fraction of sp³-hybridized carbons (Fsp3) is 0.241. The van der Waals surface area contributed by atoms with Gasteiger partial charge in [0, 0.05) is 23.1 Å². The molecule has 1 saturated heterocycles. The van der Waals surface area contributed by atoms with E-state index in [2.05, 4.69) is 5.32 Å². The summed E-state index contributed by atoms with van der Waals surface area (Å²) in [5.74, 6) is -1.53. The number of esters is 2. The lowest BCUT2D eigenvalue weighted by atomic mass is 10.0. The molecule has 2 amide bonds. The summed E-state index contributed by atoms with van der Waals surface area (Å²) in [7, 11) is 0. The van der Waals surface area contributed by atoms with Crippen molar-refractivity contribution in [2.75, 3.05) is 12.4 Å². The van der Waals surface area contributed by atoms with Crippen LogP contribution in [0.5, 0.6) is 0 Å². The van der Waals surface area contributed by atoms with Crippen LogP contribution in [0.4, 0.5) is 0 Å². The molecule has 3 heterocycles. The molecule has 0 bridgehead atoms. The van der Waals surface area contributed by atoms with E-state index in [4.69, 9.17) is 9.47 Å². The average Bonchev–Trinajstić information content (AvgIpc) is 3.46. The average molecular weight is 563 g/mol. The third-order valence-corrected chi connectivity index (χ3v) is 8.57. The zero-order chi connectivity index (χ0) is 27.4. The van der Waals surface area contributed by atoms with Gasteiger partial charge in [-0.3, -0.25) is 19.3 Å². The number of nitrogens with zero attached hydrogens (tertiary/aromatic N) is 1. The number of hydrogen-bond acceptors (Lipinski definition) is 8. The van der Waals surface area contributed by atoms with Crippen LogP contribution >= 0.6 is 23.1 Å². The van der Waals surface area contributed by atoms with Crippen molar-refractivity contribution in [1.29, 1.82) is 0 Å². The number of thiophene rings is 1. The lowest BCUT2D eigenvalue weighted by molar-refractivity contribution is -0.155. The second kappa shape index (κ2) is 11.9. The molecule has 8 nitrogen and oxygen atoms in total. The van der Waals surface area contributed by atoms with E-state index in [0.717, 1.165) is 16.0 Å². The van der Waals surface area contributed by atoms with Gasteiger partial charge in [0.15, 0.2) is 6.10 Å². The molecule has 2 atom stereocenters. The number of fused-ring (bicyclic) bond motifs is 1. The van der Waals surface area contributed by atoms with Gasteiger partial charge in [-0.05, 0) is 22.6 Å². The number of hydrogen-bond donors (Lipinski definition) is 1. The number of nitrogens with one attached hydrogen (secondary N) is 1. The Labute approximate surface area is 234 Å². The van der Waals surface area contributed by atoms with Crippen LogP contribution in [0.3, 0.4) is 0 Å². The largest absolute Gasteiger partial charge is 0.461 e. The monoisotopic (exact) mass is 562 g/mol. The third-order valence-electron chi connectivity index (χ3n) is 6.35. The fourth-order valence-corrected chi connectivity index (χ4v) is 6.55. The highest BCUT2D eigenvalue weighted by Gasteiger charge is 2.54. The SMILES string of the molecule is CC(=O)OCC1=C(C(=O)OC(c2ccccc2)c2ccccc2)N2C(=O)C(NC(=O)Cc3cccs3)[C@H]2SC1. The van der Waals surface area contributed by atoms with E-state index in [1.165, 1.54) is 34.9 Å². The molecular weight excluding hydrogens is 536 g/mol. The molecule has 0 spiro atoms. The highest BCUT2D eigenvalue weighted by atomic mass is 32.2. The summed E-state index contributed by atoms with van der Waals surface area (Å²) in [4.78, 5) is 53.5. The Morgan fingerprint density at radius 1 is 1.00 bits per heavy atom. The minimum atomic E-state index is -0.764. The molecule has 2 aliphatic heterocycles. The molecule has 200 valence electrons. The van der Waals surface area contributed by atoms with Crippen LogP contribution in [0.15, 0.2) is 89.4 Å². The number of rotatable bonds is 9. The minimum absolute atomic E-state index is 0.0608. The van der Waals surface area contributed by atoms with Crippen LogP contribution in [-0.2, 0) is 35.1 Å². The standard InChI is InChI=1S/C29H26N2O6S2/c1-18(32)36-16-21-17-39-28-24(30-23(33)15-22-13-8-14-38-22)27(34)31(28)25(21)29(35)37-26(19-9-4-2-5-10-19)20-11-6-3-7-12-20/h2-14,24,26,28H,15-17H2,1H3,(H,30,33)/t24?,28-/m1/s1. The van der Waals surface area contributed by atoms with Gasteiger partial charge in [-0.15, -0.1) is 23.1 Å². The Balaban J connectivity index is 1.40. The summed E-state index contributed by atoms with van der Waals surface area (Å²) in [5, 5.41) is 4.23. The van der Waals surface area contributed by atoms with Gasteiger partial charge < -0.3 is 14.8 Å². The second-order valence-corrected chi connectivity index (χ2v) is 11.2. The summed E-state index contributed by atoms with van der Waals surface area (Å²) < 4.78 is 11.3. The molecule has 1 aromatic heterocycles. The lowest BCUT2D eigenvalue weighted by Gasteiger charge is -2.49. The molecular formula is C29H26N2O6S2. The number of carbonyl (C=O) groups is 4. The normalized spacial score (nSPS) is 18.3. The van der Waals surface area contributed by atoms with Crippen molar-refractivity contribution in [2.24, 2.45) is 0 Å². The van der Waals surface area contributed by atoms with E-state index in [1.54, 1.807) is 0 Å². The number of ether oxygens (including phenoxy) is 2. The van der Waals surface area contributed by atoms with Crippen molar-refractivity contribution >= 4 is 46.9 Å². The summed E-state index contributed by atoms with van der Waals surface area (Å²) in [6.45, 7) is 1.14. The molecule has 39 heavy (non-hydrogen) atoms. The predicted molar refractivity (Wildman–Crippen MR) is 148 cm³/mol. The first-order chi connectivity index (χ1) is 18.9. The first kappa shape index (κ1) is 26.7. The van der Waals surface area contributed by atoms with Crippen molar-refractivity contribution in [2.45, 2.75) is 30.9 Å². The molecule has 3 aromatic rings. The van der Waals surface area contributed by atoms with Crippen molar-refractivity contribution in [3.63, 3.8) is 0 Å². The second-order valence-electron chi connectivity index (χ2n) is 9.05. The molecule has 2 aromatic carbocycles. The Bertz CT molecular complexity index is 1350. The highest BCUT2D eigenvalue weighted by Crippen LogP contribution is 2.41. The maximum absolute atomic E-state index is 13.8. The highest BCUT2D eigenvalue weighted by molar-refractivity contribution is 8.00. The Morgan fingerprint density at radius 2 is 1.67 bits per heavy atom. The van der Waals surface area contributed by atoms with Gasteiger partial charge in [-0.25, -0.2) is 4.79 Å². The van der Waals surface area contributed by atoms with Gasteiger partial charge in [0.2, 0.25) is 5.91 Å². The molecule has 1 fully saturated rings. The molecule has 0 saturated carbocycles. The van der Waals surface area contributed by atoms with E-state index in [0.29, 0.717) is 11.3 Å². The summed E-state index contributed by atoms with van der Waals surface area (Å²) >= 11 is 2.87. The van der Waals surface area contributed by atoms with Crippen LogP contribution in [-0.4, -0.2) is 52.4 Å². The third kappa shape index (κ3) is 5.91. The first-order valence-electron chi connectivity index (χ1n) is 12.3. The van der Waals surface area contributed by atoms with Crippen LogP contribution in [0.25, 0.3) is 0 Å². The smallest absolute Gasteiger partial charge is 0.356 e. The number of carbonyl (C=O) groups excluding carboxylic acids is 4. The number of amides is 2. The summed E-state index contributed by atoms with van der Waals surface area (Å²) in [6, 6.07) is 21.6. The van der Waals surface area contributed by atoms with Gasteiger partial charge in [0.25, 0.3) is 5.91 Å². The number of benzene rings is 2. The van der Waals surface area contributed by atoms with Crippen LogP contribution < -0.4 is 5.32 Å². The van der Waals surface area contributed by atoms with Crippen molar-refractivity contribution in [3.05, 3.63) is 105 Å². The molecule has 1 unspecified atom stereocenters.